The van der Waals surface area contributed by atoms with Gasteiger partial charge < -0.3 is 29.9 Å². The summed E-state index contributed by atoms with van der Waals surface area (Å²) in [5.74, 6) is 0.533. The first kappa shape index (κ1) is 14.3. The van der Waals surface area contributed by atoms with Gasteiger partial charge in [0.2, 0.25) is 0 Å². The molecule has 0 aromatic heterocycles. The summed E-state index contributed by atoms with van der Waals surface area (Å²) in [6.07, 6.45) is -18.0. The van der Waals surface area contributed by atoms with Crippen molar-refractivity contribution in [3.05, 3.63) is 64.2 Å². The zero-order valence-electron chi connectivity index (χ0n) is 21.0. The van der Waals surface area contributed by atoms with Crippen molar-refractivity contribution in [2.45, 2.75) is 43.7 Å². The standard InChI is InChI=1S/C21H25ClO6/c1-2-27-15-6-3-12(4-7-15)9-14-10-13(5-8-16(14)22)21-20(26)19(25)18(24)17(11-23)28-21/h3-8,10,17-21,23-26H,2,9,11H2,1H3/t17-,18-,19+,20-,21+/m1/s1/i9D2,17D,18D,19D,20D. The van der Waals surface area contributed by atoms with Crippen LogP contribution in [0.1, 0.15) is 37.9 Å². The predicted octanol–water partition coefficient (Wildman–Crippen LogP) is 1.84. The minimum absolute atomic E-state index is 0.0237. The average Bonchev–Trinajstić information content (AvgIpc) is 2.77. The summed E-state index contributed by atoms with van der Waals surface area (Å²) < 4.78 is 59.8. The molecular weight excluding hydrogens is 384 g/mol. The van der Waals surface area contributed by atoms with E-state index in [0.717, 1.165) is 6.07 Å². The number of hydrogen-bond donors (Lipinski definition) is 4. The molecule has 0 aliphatic carbocycles. The van der Waals surface area contributed by atoms with Gasteiger partial charge in [0.05, 0.1) is 18.7 Å². The molecular formula is C21H25ClO6. The van der Waals surface area contributed by atoms with Crippen LogP contribution in [0.4, 0.5) is 0 Å². The van der Waals surface area contributed by atoms with Gasteiger partial charge in [-0.1, -0.05) is 35.9 Å². The van der Waals surface area contributed by atoms with Crippen molar-refractivity contribution in [2.24, 2.45) is 0 Å². The predicted molar refractivity (Wildman–Crippen MR) is 105 cm³/mol. The summed E-state index contributed by atoms with van der Waals surface area (Å²) in [7, 11) is 0. The Balaban J connectivity index is 2.10. The van der Waals surface area contributed by atoms with E-state index in [-0.39, 0.29) is 21.7 Å². The van der Waals surface area contributed by atoms with E-state index >= 15 is 0 Å². The van der Waals surface area contributed by atoms with Crippen LogP contribution in [0.5, 0.6) is 5.75 Å². The largest absolute Gasteiger partial charge is 0.494 e. The van der Waals surface area contributed by atoms with Crippen molar-refractivity contribution in [3.63, 3.8) is 0 Å². The zero-order chi connectivity index (χ0) is 25.7. The second kappa shape index (κ2) is 9.22. The van der Waals surface area contributed by atoms with E-state index in [4.69, 9.17) is 29.3 Å². The molecule has 7 heteroatoms. The highest BCUT2D eigenvalue weighted by molar-refractivity contribution is 6.31. The molecule has 1 aliphatic rings. The second-order valence-corrected chi connectivity index (χ2v) is 6.39. The first-order valence-corrected chi connectivity index (χ1v) is 8.93. The van der Waals surface area contributed by atoms with Crippen LogP contribution >= 0.6 is 11.6 Å². The molecule has 3 rings (SSSR count). The van der Waals surface area contributed by atoms with E-state index in [1.54, 1.807) is 19.1 Å². The van der Waals surface area contributed by atoms with Gasteiger partial charge in [-0.2, -0.15) is 0 Å². The fraction of sp³-hybridized carbons (Fsp3) is 0.429. The smallest absolute Gasteiger partial charge is 0.119 e. The van der Waals surface area contributed by atoms with Crippen LogP contribution in [0.15, 0.2) is 42.5 Å². The van der Waals surface area contributed by atoms with E-state index in [9.17, 15) is 20.4 Å². The van der Waals surface area contributed by atoms with Crippen molar-refractivity contribution in [3.8, 4) is 5.75 Å². The first-order chi connectivity index (χ1) is 15.6. The van der Waals surface area contributed by atoms with Gasteiger partial charge in [-0.15, -0.1) is 0 Å². The molecule has 0 radical (unpaired) electrons. The number of hydrogen-bond acceptors (Lipinski definition) is 6. The van der Waals surface area contributed by atoms with Gasteiger partial charge in [0.15, 0.2) is 0 Å². The van der Waals surface area contributed by atoms with E-state index < -0.39 is 43.4 Å². The van der Waals surface area contributed by atoms with Crippen LogP contribution < -0.4 is 4.74 Å². The molecule has 0 bridgehead atoms. The van der Waals surface area contributed by atoms with Gasteiger partial charge in [-0.3, -0.25) is 0 Å². The normalized spacial score (nSPS) is 41.7. The lowest BCUT2D eigenvalue weighted by Crippen LogP contribution is -2.55. The van der Waals surface area contributed by atoms with E-state index in [1.807, 2.05) is 0 Å². The quantitative estimate of drug-likeness (QED) is 0.575. The highest BCUT2D eigenvalue weighted by Gasteiger charge is 2.43. The van der Waals surface area contributed by atoms with Crippen LogP contribution in [0.2, 0.25) is 5.02 Å². The molecule has 5 atom stereocenters. The van der Waals surface area contributed by atoms with Crippen molar-refractivity contribution in [1.82, 2.24) is 0 Å². The lowest BCUT2D eigenvalue weighted by molar-refractivity contribution is -0.231. The fourth-order valence-electron chi connectivity index (χ4n) is 2.73. The Labute approximate surface area is 177 Å². The second-order valence-electron chi connectivity index (χ2n) is 5.98. The number of halogens is 1. The molecule has 6 nitrogen and oxygen atoms in total. The van der Waals surface area contributed by atoms with Crippen LogP contribution in [0, 0.1) is 0 Å². The fourth-order valence-corrected chi connectivity index (χ4v) is 2.89. The van der Waals surface area contributed by atoms with E-state index in [0.29, 0.717) is 12.4 Å². The van der Waals surface area contributed by atoms with Crippen LogP contribution in [0.3, 0.4) is 0 Å². The maximum Gasteiger partial charge on any atom is 0.119 e. The number of ether oxygens (including phenoxy) is 2. The van der Waals surface area contributed by atoms with Gasteiger partial charge in [-0.25, -0.2) is 0 Å². The van der Waals surface area contributed by atoms with Gasteiger partial charge in [0.1, 0.15) is 36.2 Å². The summed E-state index contributed by atoms with van der Waals surface area (Å²) in [5, 5.41) is 40.9. The summed E-state index contributed by atoms with van der Waals surface area (Å²) in [6.45, 7) is 0.883. The molecule has 0 saturated carbocycles. The third-order valence-corrected chi connectivity index (χ3v) is 4.45. The molecule has 28 heavy (non-hydrogen) atoms. The van der Waals surface area contributed by atoms with Gasteiger partial charge in [-0.05, 0) is 48.2 Å². The van der Waals surface area contributed by atoms with Gasteiger partial charge in [0.25, 0.3) is 0 Å². The SMILES string of the molecule is [2H]C([2H])(c1ccc(OCC)cc1)c1cc([C@@H]2O[C@]([2H])(CO)[C@@]([2H])(O)[C@]([2H])(O)[C@@]2([2H])O)ccc1Cl. The summed E-state index contributed by atoms with van der Waals surface area (Å²) in [4.78, 5) is 0. The maximum atomic E-state index is 10.7. The third-order valence-electron chi connectivity index (χ3n) is 4.12. The lowest BCUT2D eigenvalue weighted by Gasteiger charge is -2.40. The Morgan fingerprint density at radius 2 is 1.82 bits per heavy atom. The minimum Gasteiger partial charge on any atom is -0.494 e. The molecule has 2 aromatic rings. The number of aliphatic hydroxyl groups excluding tert-OH is 1. The van der Waals surface area contributed by atoms with E-state index in [1.165, 1.54) is 24.3 Å². The first-order valence-electron chi connectivity index (χ1n) is 11.6. The number of benzene rings is 2. The molecule has 1 fully saturated rings. The molecule has 1 saturated heterocycles. The van der Waals surface area contributed by atoms with Gasteiger partial charge in [0, 0.05) is 7.76 Å². The number of rotatable bonds is 6. The Kier molecular flexibility index (Phi) is 4.72. The summed E-state index contributed by atoms with van der Waals surface area (Å²) >= 11 is 6.26. The Hall–Kier alpha value is -1.67. The van der Waals surface area contributed by atoms with Crippen LogP contribution in [-0.2, 0) is 11.1 Å². The maximum absolute atomic E-state index is 10.7. The molecule has 0 unspecified atom stereocenters. The molecule has 0 amide bonds. The highest BCUT2D eigenvalue weighted by Crippen LogP contribution is 2.34. The Morgan fingerprint density at radius 1 is 1.11 bits per heavy atom. The van der Waals surface area contributed by atoms with Crippen molar-refractivity contribution < 1.29 is 38.1 Å². The molecule has 152 valence electrons. The van der Waals surface area contributed by atoms with E-state index in [2.05, 4.69) is 0 Å². The topological polar surface area (TPSA) is 99.4 Å². The van der Waals surface area contributed by atoms with Crippen molar-refractivity contribution >= 4 is 11.6 Å². The van der Waals surface area contributed by atoms with Crippen molar-refractivity contribution in [1.29, 1.82) is 0 Å². The van der Waals surface area contributed by atoms with Crippen LogP contribution in [-0.4, -0.2) is 58.0 Å². The van der Waals surface area contributed by atoms with Crippen molar-refractivity contribution in [2.75, 3.05) is 13.2 Å². The highest BCUT2D eigenvalue weighted by atomic mass is 35.5. The van der Waals surface area contributed by atoms with Gasteiger partial charge >= 0.3 is 0 Å². The molecule has 0 spiro atoms. The molecule has 2 aromatic carbocycles. The molecule has 1 aliphatic heterocycles. The van der Waals surface area contributed by atoms with Crippen LogP contribution in [0.25, 0.3) is 0 Å². The Morgan fingerprint density at radius 3 is 2.46 bits per heavy atom. The molecule has 1 heterocycles. The summed E-state index contributed by atoms with van der Waals surface area (Å²) in [5.41, 5.74) is -0.101. The summed E-state index contributed by atoms with van der Waals surface area (Å²) in [6, 6.07) is 9.73. The number of aliphatic hydroxyl groups is 4. The molecule has 4 N–H and O–H groups in total. The minimum atomic E-state index is -3.71. The Bertz CT molecular complexity index is 1050. The third kappa shape index (κ3) is 4.49. The lowest BCUT2D eigenvalue weighted by atomic mass is 9.90. The zero-order valence-corrected chi connectivity index (χ0v) is 15.8. The monoisotopic (exact) mass is 414 g/mol. The average molecular weight is 415 g/mol.